The summed E-state index contributed by atoms with van der Waals surface area (Å²) in [6.07, 6.45) is 2.86. The summed E-state index contributed by atoms with van der Waals surface area (Å²) in [7, 11) is 2.01. The third kappa shape index (κ3) is 2.14. The van der Waals surface area contributed by atoms with Gasteiger partial charge >= 0.3 is 0 Å². The molecule has 1 aromatic carbocycles. The molecule has 2 aromatic rings. The van der Waals surface area contributed by atoms with Crippen LogP contribution >= 0.6 is 0 Å². The predicted molar refractivity (Wildman–Crippen MR) is 65.1 cm³/mol. The molecule has 3 heteroatoms. The molecule has 3 nitrogen and oxygen atoms in total. The van der Waals surface area contributed by atoms with Crippen molar-refractivity contribution in [3.63, 3.8) is 0 Å². The van der Waals surface area contributed by atoms with E-state index < -0.39 is 0 Å². The van der Waals surface area contributed by atoms with Crippen molar-refractivity contribution in [2.75, 3.05) is 0 Å². The molecule has 84 valence electrons. The molecule has 0 radical (unpaired) electrons. The van der Waals surface area contributed by atoms with Crippen molar-refractivity contribution in [3.8, 4) is 0 Å². The third-order valence-electron chi connectivity index (χ3n) is 2.84. The van der Waals surface area contributed by atoms with Crippen LogP contribution in [0.5, 0.6) is 0 Å². The molecule has 0 saturated carbocycles. The Kier molecular flexibility index (Phi) is 3.06. The fourth-order valence-electron chi connectivity index (χ4n) is 1.81. The Hall–Kier alpha value is -1.61. The summed E-state index contributed by atoms with van der Waals surface area (Å²) < 4.78 is 2.05. The zero-order valence-corrected chi connectivity index (χ0v) is 9.77. The largest absolute Gasteiger partial charge is 0.337 e. The van der Waals surface area contributed by atoms with Crippen molar-refractivity contribution in [1.29, 1.82) is 0 Å². The highest BCUT2D eigenvalue weighted by atomic mass is 15.0. The second kappa shape index (κ2) is 4.49. The van der Waals surface area contributed by atoms with Crippen LogP contribution < -0.4 is 5.73 Å². The monoisotopic (exact) mass is 215 g/mol. The fourth-order valence-corrected chi connectivity index (χ4v) is 1.81. The predicted octanol–water partition coefficient (Wildman–Crippen LogP) is 1.78. The number of aromatic nitrogens is 2. The van der Waals surface area contributed by atoms with E-state index in [0.717, 1.165) is 17.9 Å². The molecule has 0 atom stereocenters. The summed E-state index contributed by atoms with van der Waals surface area (Å²) in [6, 6.07) is 8.39. The maximum Gasteiger partial charge on any atom is 0.113 e. The van der Waals surface area contributed by atoms with Crippen molar-refractivity contribution in [2.24, 2.45) is 12.8 Å². The number of aryl methyl sites for hydroxylation is 2. The van der Waals surface area contributed by atoms with E-state index in [1.165, 1.54) is 11.1 Å². The summed E-state index contributed by atoms with van der Waals surface area (Å²) in [5, 5.41) is 0. The van der Waals surface area contributed by atoms with Crippen LogP contribution in [0.15, 0.2) is 30.5 Å². The van der Waals surface area contributed by atoms with Gasteiger partial charge in [-0.3, -0.25) is 0 Å². The number of rotatable bonds is 3. The summed E-state index contributed by atoms with van der Waals surface area (Å²) in [5.74, 6) is 1.06. The van der Waals surface area contributed by atoms with Crippen molar-refractivity contribution in [1.82, 2.24) is 9.55 Å². The highest BCUT2D eigenvalue weighted by molar-refractivity contribution is 5.28. The first-order chi connectivity index (χ1) is 7.70. The van der Waals surface area contributed by atoms with Crippen LogP contribution in [-0.4, -0.2) is 9.55 Å². The Bertz CT molecular complexity index is 486. The second-order valence-corrected chi connectivity index (χ2v) is 4.07. The van der Waals surface area contributed by atoms with Gasteiger partial charge in [0, 0.05) is 26.2 Å². The van der Waals surface area contributed by atoms with Gasteiger partial charge in [-0.15, -0.1) is 0 Å². The first-order valence-corrected chi connectivity index (χ1v) is 5.46. The number of hydrogen-bond acceptors (Lipinski definition) is 2. The van der Waals surface area contributed by atoms with Crippen LogP contribution in [0.25, 0.3) is 0 Å². The zero-order valence-electron chi connectivity index (χ0n) is 9.77. The summed E-state index contributed by atoms with van der Waals surface area (Å²) in [6.45, 7) is 2.63. The Morgan fingerprint density at radius 1 is 1.31 bits per heavy atom. The van der Waals surface area contributed by atoms with Crippen LogP contribution in [-0.2, 0) is 20.0 Å². The summed E-state index contributed by atoms with van der Waals surface area (Å²) in [5.41, 5.74) is 9.15. The van der Waals surface area contributed by atoms with E-state index in [1.807, 2.05) is 13.2 Å². The van der Waals surface area contributed by atoms with Gasteiger partial charge in [0.05, 0.1) is 5.69 Å². The molecule has 0 aliphatic rings. The van der Waals surface area contributed by atoms with Crippen molar-refractivity contribution in [2.45, 2.75) is 19.9 Å². The van der Waals surface area contributed by atoms with Gasteiger partial charge in [0.25, 0.3) is 0 Å². The zero-order chi connectivity index (χ0) is 11.5. The number of nitrogens with zero attached hydrogens (tertiary/aromatic N) is 2. The minimum absolute atomic E-state index is 0.502. The molecule has 16 heavy (non-hydrogen) atoms. The summed E-state index contributed by atoms with van der Waals surface area (Å²) >= 11 is 0. The second-order valence-electron chi connectivity index (χ2n) is 4.07. The van der Waals surface area contributed by atoms with Crippen LogP contribution in [0.2, 0.25) is 0 Å². The van der Waals surface area contributed by atoms with E-state index in [2.05, 4.69) is 40.7 Å². The highest BCUT2D eigenvalue weighted by Crippen LogP contribution is 2.12. The lowest BCUT2D eigenvalue weighted by Crippen LogP contribution is -2.00. The lowest BCUT2D eigenvalue weighted by atomic mass is 10.1. The standard InChI is InChI=1S/C13H17N3/c1-10-5-3-4-6-11(10)7-13-15-12(8-14)9-16(13)2/h3-6,9H,7-8,14H2,1-2H3. The van der Waals surface area contributed by atoms with Gasteiger partial charge in [-0.05, 0) is 18.1 Å². The van der Waals surface area contributed by atoms with Gasteiger partial charge in [-0.1, -0.05) is 24.3 Å². The Labute approximate surface area is 95.9 Å². The van der Waals surface area contributed by atoms with Gasteiger partial charge in [-0.2, -0.15) is 0 Å². The van der Waals surface area contributed by atoms with Crippen molar-refractivity contribution >= 4 is 0 Å². The molecule has 0 fully saturated rings. The average molecular weight is 215 g/mol. The van der Waals surface area contributed by atoms with E-state index in [4.69, 9.17) is 5.73 Å². The molecule has 2 N–H and O–H groups in total. The molecule has 0 spiro atoms. The van der Waals surface area contributed by atoms with Crippen molar-refractivity contribution < 1.29 is 0 Å². The first kappa shape index (κ1) is 10.9. The average Bonchev–Trinajstić information content (AvgIpc) is 2.63. The topological polar surface area (TPSA) is 43.8 Å². The molecule has 2 rings (SSSR count). The highest BCUT2D eigenvalue weighted by Gasteiger charge is 2.06. The lowest BCUT2D eigenvalue weighted by molar-refractivity contribution is 0.819. The molecule has 0 aliphatic carbocycles. The fraction of sp³-hybridized carbons (Fsp3) is 0.308. The van der Waals surface area contributed by atoms with Crippen LogP contribution in [0.1, 0.15) is 22.6 Å². The minimum atomic E-state index is 0.502. The van der Waals surface area contributed by atoms with Crippen LogP contribution in [0.3, 0.4) is 0 Å². The first-order valence-electron chi connectivity index (χ1n) is 5.46. The van der Waals surface area contributed by atoms with Crippen LogP contribution in [0, 0.1) is 6.92 Å². The Morgan fingerprint density at radius 2 is 2.06 bits per heavy atom. The van der Waals surface area contributed by atoms with Gasteiger partial charge in [0.15, 0.2) is 0 Å². The molecule has 1 heterocycles. The Balaban J connectivity index is 2.27. The van der Waals surface area contributed by atoms with E-state index in [1.54, 1.807) is 0 Å². The van der Waals surface area contributed by atoms with E-state index >= 15 is 0 Å². The number of nitrogens with two attached hydrogens (primary N) is 1. The van der Waals surface area contributed by atoms with Gasteiger partial charge in [-0.25, -0.2) is 4.98 Å². The molecule has 0 saturated heterocycles. The van der Waals surface area contributed by atoms with E-state index in [0.29, 0.717) is 6.54 Å². The molecule has 0 amide bonds. The minimum Gasteiger partial charge on any atom is -0.337 e. The Morgan fingerprint density at radius 3 is 2.69 bits per heavy atom. The van der Waals surface area contributed by atoms with E-state index in [9.17, 15) is 0 Å². The van der Waals surface area contributed by atoms with Gasteiger partial charge < -0.3 is 10.3 Å². The maximum atomic E-state index is 5.58. The number of benzene rings is 1. The molecule has 1 aromatic heterocycles. The molecule has 0 aliphatic heterocycles. The number of hydrogen-bond donors (Lipinski definition) is 1. The smallest absolute Gasteiger partial charge is 0.113 e. The van der Waals surface area contributed by atoms with Crippen LogP contribution in [0.4, 0.5) is 0 Å². The molecule has 0 bridgehead atoms. The molecular formula is C13H17N3. The number of imidazole rings is 1. The van der Waals surface area contributed by atoms with Gasteiger partial charge in [0.1, 0.15) is 5.82 Å². The van der Waals surface area contributed by atoms with Crippen molar-refractivity contribution in [3.05, 3.63) is 53.1 Å². The SMILES string of the molecule is Cc1ccccc1Cc1nc(CN)cn1C. The molecule has 0 unspecified atom stereocenters. The maximum absolute atomic E-state index is 5.58. The molecular weight excluding hydrogens is 198 g/mol. The quantitative estimate of drug-likeness (QED) is 0.848. The normalized spacial score (nSPS) is 10.7. The third-order valence-corrected chi connectivity index (χ3v) is 2.84. The lowest BCUT2D eigenvalue weighted by Gasteiger charge is -2.05. The van der Waals surface area contributed by atoms with E-state index in [-0.39, 0.29) is 0 Å². The van der Waals surface area contributed by atoms with Gasteiger partial charge in [0.2, 0.25) is 0 Å². The summed E-state index contributed by atoms with van der Waals surface area (Å²) in [4.78, 5) is 4.50.